The molecule has 0 aliphatic heterocycles. The lowest BCUT2D eigenvalue weighted by molar-refractivity contribution is -0.136. The van der Waals surface area contributed by atoms with Gasteiger partial charge in [-0.3, -0.25) is 0 Å². The van der Waals surface area contributed by atoms with Crippen molar-refractivity contribution in [3.05, 3.63) is 71.7 Å². The van der Waals surface area contributed by atoms with Crippen LogP contribution in [0.15, 0.2) is 54.7 Å². The van der Waals surface area contributed by atoms with Crippen molar-refractivity contribution in [1.82, 2.24) is 15.2 Å². The van der Waals surface area contributed by atoms with Crippen molar-refractivity contribution in [2.45, 2.75) is 12.7 Å². The molecule has 26 heavy (non-hydrogen) atoms. The molecule has 3 aromatic rings. The Morgan fingerprint density at radius 1 is 0.962 bits per heavy atom. The minimum absolute atomic E-state index is 0.0780. The number of nitrogens with zero attached hydrogens (tertiary/aromatic N) is 3. The molecule has 0 amide bonds. The first-order valence-electron chi connectivity index (χ1n) is 7.53. The molecule has 134 valence electrons. The number of halogens is 4. The molecule has 0 unspecified atom stereocenters. The van der Waals surface area contributed by atoms with E-state index in [1.807, 2.05) is 0 Å². The zero-order chi connectivity index (χ0) is 18.6. The van der Waals surface area contributed by atoms with Crippen molar-refractivity contribution in [2.75, 3.05) is 10.6 Å². The van der Waals surface area contributed by atoms with Gasteiger partial charge in [-0.1, -0.05) is 24.3 Å². The van der Waals surface area contributed by atoms with Gasteiger partial charge in [0.2, 0.25) is 5.95 Å². The molecule has 1 heterocycles. The molecular formula is C17H13F4N5. The summed E-state index contributed by atoms with van der Waals surface area (Å²) in [6.45, 7) is 0.345. The van der Waals surface area contributed by atoms with Crippen LogP contribution in [0.2, 0.25) is 0 Å². The number of alkyl halides is 3. The van der Waals surface area contributed by atoms with Crippen LogP contribution >= 0.6 is 0 Å². The highest BCUT2D eigenvalue weighted by molar-refractivity contribution is 5.59. The van der Waals surface area contributed by atoms with Crippen molar-refractivity contribution in [2.24, 2.45) is 0 Å². The summed E-state index contributed by atoms with van der Waals surface area (Å²) in [5, 5.41) is 12.9. The summed E-state index contributed by atoms with van der Waals surface area (Å²) in [5.74, 6) is -0.102. The highest BCUT2D eigenvalue weighted by atomic mass is 19.4. The van der Waals surface area contributed by atoms with Gasteiger partial charge in [0, 0.05) is 6.54 Å². The fourth-order valence-corrected chi connectivity index (χ4v) is 2.20. The summed E-state index contributed by atoms with van der Waals surface area (Å²) >= 11 is 0. The number of hydrogen-bond acceptors (Lipinski definition) is 5. The Balaban J connectivity index is 1.73. The SMILES string of the molecule is Fc1ccc(CNc2cnnc(Nc3ccccc3C(F)(F)F)n2)cc1. The second kappa shape index (κ2) is 7.34. The molecule has 0 bridgehead atoms. The van der Waals surface area contributed by atoms with Crippen LogP contribution in [0, 0.1) is 5.82 Å². The number of hydrogen-bond donors (Lipinski definition) is 2. The molecule has 5 nitrogen and oxygen atoms in total. The molecule has 2 N–H and O–H groups in total. The minimum atomic E-state index is -4.50. The second-order valence-electron chi connectivity index (χ2n) is 5.31. The van der Waals surface area contributed by atoms with E-state index in [0.717, 1.165) is 11.6 Å². The maximum absolute atomic E-state index is 13.0. The fourth-order valence-electron chi connectivity index (χ4n) is 2.20. The van der Waals surface area contributed by atoms with E-state index in [0.29, 0.717) is 12.4 Å². The van der Waals surface area contributed by atoms with E-state index in [1.165, 1.54) is 36.5 Å². The van der Waals surface area contributed by atoms with Gasteiger partial charge in [-0.25, -0.2) is 4.39 Å². The summed E-state index contributed by atoms with van der Waals surface area (Å²) in [6.07, 6.45) is -3.17. The number of anilines is 3. The quantitative estimate of drug-likeness (QED) is 0.659. The minimum Gasteiger partial charge on any atom is -0.365 e. The summed E-state index contributed by atoms with van der Waals surface area (Å²) < 4.78 is 52.0. The van der Waals surface area contributed by atoms with Crippen molar-refractivity contribution in [1.29, 1.82) is 0 Å². The third-order valence-electron chi connectivity index (χ3n) is 3.42. The Morgan fingerprint density at radius 2 is 1.69 bits per heavy atom. The Kier molecular flexibility index (Phi) is 4.97. The molecule has 2 aromatic carbocycles. The molecule has 0 atom stereocenters. The number of aromatic nitrogens is 3. The average Bonchev–Trinajstić information content (AvgIpc) is 2.61. The fraction of sp³-hybridized carbons (Fsp3) is 0.118. The van der Waals surface area contributed by atoms with Gasteiger partial charge in [-0.2, -0.15) is 23.3 Å². The lowest BCUT2D eigenvalue weighted by Gasteiger charge is -2.13. The summed E-state index contributed by atoms with van der Waals surface area (Å²) in [4.78, 5) is 4.09. The predicted octanol–water partition coefficient (Wildman–Crippen LogP) is 4.39. The smallest absolute Gasteiger partial charge is 0.365 e. The first kappa shape index (κ1) is 17.6. The maximum Gasteiger partial charge on any atom is 0.418 e. The van der Waals surface area contributed by atoms with E-state index in [4.69, 9.17) is 0 Å². The normalized spacial score (nSPS) is 11.2. The van der Waals surface area contributed by atoms with Gasteiger partial charge < -0.3 is 10.6 Å². The highest BCUT2D eigenvalue weighted by Gasteiger charge is 2.33. The van der Waals surface area contributed by atoms with Crippen LogP contribution in [0.4, 0.5) is 35.0 Å². The van der Waals surface area contributed by atoms with Gasteiger partial charge >= 0.3 is 6.18 Å². The molecule has 0 radical (unpaired) electrons. The molecule has 1 aromatic heterocycles. The summed E-state index contributed by atoms with van der Waals surface area (Å²) in [7, 11) is 0. The first-order chi connectivity index (χ1) is 12.4. The molecule has 0 spiro atoms. The largest absolute Gasteiger partial charge is 0.418 e. The topological polar surface area (TPSA) is 62.7 Å². The number of para-hydroxylation sites is 1. The van der Waals surface area contributed by atoms with Crippen LogP contribution < -0.4 is 10.6 Å². The Morgan fingerprint density at radius 3 is 2.42 bits per heavy atom. The second-order valence-corrected chi connectivity index (χ2v) is 5.31. The summed E-state index contributed by atoms with van der Waals surface area (Å²) in [6, 6.07) is 10.9. The van der Waals surface area contributed by atoms with Crippen LogP contribution in [0.5, 0.6) is 0 Å². The van der Waals surface area contributed by atoms with Crippen LogP contribution in [0.25, 0.3) is 0 Å². The molecule has 0 aliphatic rings. The van der Waals surface area contributed by atoms with E-state index in [1.54, 1.807) is 12.1 Å². The maximum atomic E-state index is 13.0. The van der Waals surface area contributed by atoms with Crippen LogP contribution in [0.1, 0.15) is 11.1 Å². The first-order valence-corrected chi connectivity index (χ1v) is 7.53. The predicted molar refractivity (Wildman–Crippen MR) is 88.3 cm³/mol. The lowest BCUT2D eigenvalue weighted by Crippen LogP contribution is -2.10. The third kappa shape index (κ3) is 4.44. The number of benzene rings is 2. The average molecular weight is 363 g/mol. The molecule has 0 aliphatic carbocycles. The van der Waals surface area contributed by atoms with Gasteiger partial charge in [0.25, 0.3) is 0 Å². The zero-order valence-electron chi connectivity index (χ0n) is 13.3. The zero-order valence-corrected chi connectivity index (χ0v) is 13.3. The highest BCUT2D eigenvalue weighted by Crippen LogP contribution is 2.35. The standard InChI is InChI=1S/C17H13F4N5/c18-12-7-5-11(6-8-12)9-22-15-10-23-26-16(25-15)24-14-4-2-1-3-13(14)17(19,20)21/h1-8,10H,9H2,(H2,22,24,25,26). The Labute approximate surface area is 146 Å². The van der Waals surface area contributed by atoms with E-state index >= 15 is 0 Å². The van der Waals surface area contributed by atoms with E-state index in [9.17, 15) is 17.6 Å². The molecule has 3 rings (SSSR count). The number of nitrogens with one attached hydrogen (secondary N) is 2. The van der Waals surface area contributed by atoms with Gasteiger partial charge in [0.15, 0.2) is 5.82 Å². The van der Waals surface area contributed by atoms with Gasteiger partial charge in [0.05, 0.1) is 17.4 Å². The van der Waals surface area contributed by atoms with Crippen molar-refractivity contribution in [3.8, 4) is 0 Å². The molecule has 0 saturated heterocycles. The molecular weight excluding hydrogens is 350 g/mol. The van der Waals surface area contributed by atoms with Gasteiger partial charge in [-0.05, 0) is 29.8 Å². The van der Waals surface area contributed by atoms with Crippen LogP contribution in [-0.4, -0.2) is 15.2 Å². The van der Waals surface area contributed by atoms with Gasteiger partial charge in [0.1, 0.15) is 5.82 Å². The lowest BCUT2D eigenvalue weighted by atomic mass is 10.1. The van der Waals surface area contributed by atoms with E-state index in [-0.39, 0.29) is 17.5 Å². The van der Waals surface area contributed by atoms with Gasteiger partial charge in [-0.15, -0.1) is 5.10 Å². The van der Waals surface area contributed by atoms with Crippen molar-refractivity contribution >= 4 is 17.5 Å². The Hall–Kier alpha value is -3.23. The van der Waals surface area contributed by atoms with Crippen LogP contribution in [-0.2, 0) is 12.7 Å². The van der Waals surface area contributed by atoms with E-state index < -0.39 is 11.7 Å². The molecule has 0 fully saturated rings. The van der Waals surface area contributed by atoms with E-state index in [2.05, 4.69) is 25.8 Å². The molecule has 9 heteroatoms. The number of rotatable bonds is 5. The van der Waals surface area contributed by atoms with Crippen molar-refractivity contribution < 1.29 is 17.6 Å². The van der Waals surface area contributed by atoms with Crippen molar-refractivity contribution in [3.63, 3.8) is 0 Å². The Bertz CT molecular complexity index is 881. The summed E-state index contributed by atoms with van der Waals surface area (Å²) in [5.41, 5.74) is -0.187. The van der Waals surface area contributed by atoms with Crippen LogP contribution in [0.3, 0.4) is 0 Å². The monoisotopic (exact) mass is 363 g/mol. The third-order valence-corrected chi connectivity index (χ3v) is 3.42. The molecule has 0 saturated carbocycles.